The fourth-order valence-corrected chi connectivity index (χ4v) is 4.75. The zero-order chi connectivity index (χ0) is 19.7. The van der Waals surface area contributed by atoms with Gasteiger partial charge in [0.05, 0.1) is 11.9 Å². The van der Waals surface area contributed by atoms with Gasteiger partial charge in [0.2, 0.25) is 0 Å². The smallest absolute Gasteiger partial charge is 0.137 e. The number of pyridine rings is 1. The minimum Gasteiger partial charge on any atom is -0.307 e. The summed E-state index contributed by atoms with van der Waals surface area (Å²) < 4.78 is 4.06. The number of hydrogen-bond donors (Lipinski definition) is 0. The van der Waals surface area contributed by atoms with Crippen LogP contribution in [0.2, 0.25) is 0 Å². The van der Waals surface area contributed by atoms with E-state index >= 15 is 0 Å². The topological polar surface area (TPSA) is 41.6 Å². The highest BCUT2D eigenvalue weighted by Gasteiger charge is 2.33. The summed E-state index contributed by atoms with van der Waals surface area (Å²) in [5.41, 5.74) is 4.77. The maximum absolute atomic E-state index is 4.80. The molecule has 0 saturated carbocycles. The molecule has 0 bridgehead atoms. The molecule has 0 aromatic carbocycles. The van der Waals surface area contributed by atoms with Crippen molar-refractivity contribution >= 4 is 5.65 Å². The molecule has 6 nitrogen and oxygen atoms in total. The molecule has 0 spiro atoms. The van der Waals surface area contributed by atoms with E-state index in [0.717, 1.165) is 31.0 Å². The van der Waals surface area contributed by atoms with Crippen molar-refractivity contribution in [3.05, 3.63) is 53.7 Å². The first kappa shape index (κ1) is 19.2. The van der Waals surface area contributed by atoms with Crippen LogP contribution in [0, 0.1) is 12.8 Å². The van der Waals surface area contributed by atoms with Gasteiger partial charge in [0.25, 0.3) is 0 Å². The van der Waals surface area contributed by atoms with E-state index in [0.29, 0.717) is 12.0 Å². The number of likely N-dealkylation sites (tertiary alicyclic amines) is 1. The van der Waals surface area contributed by atoms with Crippen LogP contribution < -0.4 is 0 Å². The molecule has 1 fully saturated rings. The minimum absolute atomic E-state index is 0.457. The lowest BCUT2D eigenvalue weighted by molar-refractivity contribution is 0.0747. The summed E-state index contributed by atoms with van der Waals surface area (Å²) in [5, 5.41) is 4.44. The van der Waals surface area contributed by atoms with Gasteiger partial charge in [-0.05, 0) is 57.5 Å². The summed E-state index contributed by atoms with van der Waals surface area (Å²) in [7, 11) is 4.23. The van der Waals surface area contributed by atoms with E-state index < -0.39 is 0 Å². The Hall–Kier alpha value is -2.18. The Labute approximate surface area is 167 Å². The molecule has 150 valence electrons. The van der Waals surface area contributed by atoms with Crippen molar-refractivity contribution in [2.45, 2.75) is 39.3 Å². The molecule has 1 aliphatic rings. The number of hydrogen-bond acceptors (Lipinski definition) is 4. The number of fused-ring (bicyclic) bond motifs is 1. The molecule has 0 radical (unpaired) electrons. The van der Waals surface area contributed by atoms with Crippen LogP contribution in [0.15, 0.2) is 36.9 Å². The standard InChI is InChI=1S/C22H32N6/c1-5-27-10-6-7-18(22(27)19-11-23-26(4)14-19)13-25(3)15-20-16-28-12-17(2)8-9-21(28)24-20/h8-9,11-12,14,16,18,22H,5-7,10,13,15H2,1-4H3/t18-,22+/m0/s1. The van der Waals surface area contributed by atoms with Gasteiger partial charge in [-0.15, -0.1) is 0 Å². The fourth-order valence-electron chi connectivity index (χ4n) is 4.75. The van der Waals surface area contributed by atoms with Crippen molar-refractivity contribution in [1.29, 1.82) is 0 Å². The molecule has 4 heterocycles. The van der Waals surface area contributed by atoms with Gasteiger partial charge < -0.3 is 9.30 Å². The first-order chi connectivity index (χ1) is 13.5. The van der Waals surface area contributed by atoms with Crippen LogP contribution in [0.4, 0.5) is 0 Å². The highest BCUT2D eigenvalue weighted by atomic mass is 15.3. The second-order valence-electron chi connectivity index (χ2n) is 8.32. The number of rotatable bonds is 6. The first-order valence-electron chi connectivity index (χ1n) is 10.4. The van der Waals surface area contributed by atoms with E-state index in [1.165, 1.54) is 30.5 Å². The molecule has 6 heteroatoms. The highest BCUT2D eigenvalue weighted by Crippen LogP contribution is 2.36. The molecular formula is C22H32N6. The molecule has 3 aromatic rings. The normalized spacial score (nSPS) is 21.0. The molecule has 0 unspecified atom stereocenters. The van der Waals surface area contributed by atoms with Crippen molar-refractivity contribution in [1.82, 2.24) is 29.0 Å². The Morgan fingerprint density at radius 1 is 1.21 bits per heavy atom. The Balaban J connectivity index is 1.48. The minimum atomic E-state index is 0.457. The van der Waals surface area contributed by atoms with Crippen LogP contribution in [0.1, 0.15) is 42.6 Å². The van der Waals surface area contributed by atoms with Crippen molar-refractivity contribution in [2.75, 3.05) is 26.7 Å². The number of nitrogens with zero attached hydrogens (tertiary/aromatic N) is 6. The predicted molar refractivity (Wildman–Crippen MR) is 112 cm³/mol. The van der Waals surface area contributed by atoms with Gasteiger partial charge in [0, 0.05) is 50.3 Å². The van der Waals surface area contributed by atoms with E-state index in [-0.39, 0.29) is 0 Å². The monoisotopic (exact) mass is 380 g/mol. The van der Waals surface area contributed by atoms with Gasteiger partial charge >= 0.3 is 0 Å². The summed E-state index contributed by atoms with van der Waals surface area (Å²) in [6.07, 6.45) is 11.1. The molecular weight excluding hydrogens is 348 g/mol. The molecule has 2 atom stereocenters. The quantitative estimate of drug-likeness (QED) is 0.658. The van der Waals surface area contributed by atoms with E-state index in [1.807, 2.05) is 11.7 Å². The van der Waals surface area contributed by atoms with Crippen LogP contribution in [0.3, 0.4) is 0 Å². The highest BCUT2D eigenvalue weighted by molar-refractivity contribution is 5.41. The number of imidazole rings is 1. The summed E-state index contributed by atoms with van der Waals surface area (Å²) in [6.45, 7) is 8.61. The Kier molecular flexibility index (Phi) is 5.51. The summed E-state index contributed by atoms with van der Waals surface area (Å²) in [4.78, 5) is 9.85. The predicted octanol–water partition coefficient (Wildman–Crippen LogP) is 3.28. The first-order valence-corrected chi connectivity index (χ1v) is 10.4. The summed E-state index contributed by atoms with van der Waals surface area (Å²) >= 11 is 0. The van der Waals surface area contributed by atoms with Crippen LogP contribution in [0.25, 0.3) is 5.65 Å². The van der Waals surface area contributed by atoms with Gasteiger partial charge in [-0.2, -0.15) is 5.10 Å². The van der Waals surface area contributed by atoms with Crippen molar-refractivity contribution in [3.8, 4) is 0 Å². The molecule has 1 aliphatic heterocycles. The van der Waals surface area contributed by atoms with E-state index in [1.54, 1.807) is 0 Å². The third kappa shape index (κ3) is 3.98. The van der Waals surface area contributed by atoms with E-state index in [4.69, 9.17) is 4.98 Å². The number of aryl methyl sites for hydroxylation is 2. The molecule has 1 saturated heterocycles. The second-order valence-corrected chi connectivity index (χ2v) is 8.32. The van der Waals surface area contributed by atoms with Crippen LogP contribution in [-0.2, 0) is 13.6 Å². The molecule has 0 amide bonds. The zero-order valence-electron chi connectivity index (χ0n) is 17.5. The molecule has 0 aliphatic carbocycles. The average Bonchev–Trinajstić information content (AvgIpc) is 3.26. The Morgan fingerprint density at radius 2 is 2.07 bits per heavy atom. The Morgan fingerprint density at radius 3 is 2.82 bits per heavy atom. The van der Waals surface area contributed by atoms with Gasteiger partial charge in [0.1, 0.15) is 5.65 Å². The lowest BCUT2D eigenvalue weighted by Gasteiger charge is -2.42. The van der Waals surface area contributed by atoms with Gasteiger partial charge in [0.15, 0.2) is 0 Å². The molecule has 0 N–H and O–H groups in total. The van der Waals surface area contributed by atoms with Crippen LogP contribution in [-0.4, -0.2) is 55.6 Å². The second kappa shape index (κ2) is 8.05. The third-order valence-corrected chi connectivity index (χ3v) is 5.96. The van der Waals surface area contributed by atoms with E-state index in [2.05, 4.69) is 77.1 Å². The largest absolute Gasteiger partial charge is 0.307 e. The van der Waals surface area contributed by atoms with Crippen LogP contribution in [0.5, 0.6) is 0 Å². The summed E-state index contributed by atoms with van der Waals surface area (Å²) in [6, 6.07) is 4.67. The van der Waals surface area contributed by atoms with Gasteiger partial charge in [-0.1, -0.05) is 13.0 Å². The lowest BCUT2D eigenvalue weighted by Crippen LogP contribution is -2.42. The molecule has 3 aromatic heterocycles. The van der Waals surface area contributed by atoms with E-state index in [9.17, 15) is 0 Å². The SMILES string of the molecule is CCN1CCC[C@@H](CN(C)Cc2cn3cc(C)ccc3n2)[C@@H]1c1cnn(C)c1. The van der Waals surface area contributed by atoms with Crippen LogP contribution >= 0.6 is 0 Å². The van der Waals surface area contributed by atoms with Gasteiger partial charge in [-0.25, -0.2) is 4.98 Å². The fraction of sp³-hybridized carbons (Fsp3) is 0.545. The zero-order valence-corrected chi connectivity index (χ0v) is 17.5. The molecule has 4 rings (SSSR count). The van der Waals surface area contributed by atoms with Crippen molar-refractivity contribution < 1.29 is 0 Å². The Bertz CT molecular complexity index is 926. The van der Waals surface area contributed by atoms with Crippen molar-refractivity contribution in [2.24, 2.45) is 13.0 Å². The van der Waals surface area contributed by atoms with Gasteiger partial charge in [-0.3, -0.25) is 9.58 Å². The maximum Gasteiger partial charge on any atom is 0.137 e. The summed E-state index contributed by atoms with van der Waals surface area (Å²) in [5.74, 6) is 0.613. The average molecular weight is 381 g/mol. The lowest BCUT2D eigenvalue weighted by atomic mass is 9.85. The number of aromatic nitrogens is 4. The number of piperidine rings is 1. The molecule has 28 heavy (non-hydrogen) atoms. The van der Waals surface area contributed by atoms with Crippen molar-refractivity contribution in [3.63, 3.8) is 0 Å². The third-order valence-electron chi connectivity index (χ3n) is 5.96. The maximum atomic E-state index is 4.80.